The number of piperidine rings is 1. The summed E-state index contributed by atoms with van der Waals surface area (Å²) in [5.74, 6) is 0.381. The van der Waals surface area contributed by atoms with E-state index < -0.39 is 0 Å². The van der Waals surface area contributed by atoms with Crippen molar-refractivity contribution in [3.8, 4) is 11.5 Å². The van der Waals surface area contributed by atoms with Gasteiger partial charge in [0.2, 0.25) is 0 Å². The summed E-state index contributed by atoms with van der Waals surface area (Å²) in [7, 11) is 2.99. The molecule has 0 aliphatic carbocycles. The molecule has 29 heavy (non-hydrogen) atoms. The van der Waals surface area contributed by atoms with E-state index in [2.05, 4.69) is 5.32 Å². The van der Waals surface area contributed by atoms with Gasteiger partial charge < -0.3 is 19.7 Å². The van der Waals surface area contributed by atoms with Crippen LogP contribution in [0.3, 0.4) is 0 Å². The van der Waals surface area contributed by atoms with E-state index in [1.807, 2.05) is 12.1 Å². The smallest absolute Gasteiger partial charge is 0.257 e. The highest BCUT2D eigenvalue weighted by Gasteiger charge is 2.28. The van der Waals surface area contributed by atoms with Crippen molar-refractivity contribution in [2.45, 2.75) is 18.9 Å². The molecule has 1 heterocycles. The average Bonchev–Trinajstić information content (AvgIpc) is 2.75. The lowest BCUT2D eigenvalue weighted by molar-refractivity contribution is 0.0695. The Labute approximate surface area is 179 Å². The molecule has 2 aromatic rings. The highest BCUT2D eigenvalue weighted by Crippen LogP contribution is 2.34. The predicted octanol–water partition coefficient (Wildman–Crippen LogP) is 4.05. The van der Waals surface area contributed by atoms with Crippen molar-refractivity contribution in [3.63, 3.8) is 0 Å². The molecule has 0 spiro atoms. The van der Waals surface area contributed by atoms with E-state index in [4.69, 9.17) is 32.7 Å². The molecule has 8 heteroatoms. The number of amides is 2. The maximum Gasteiger partial charge on any atom is 0.257 e. The number of para-hydroxylation sites is 1. The van der Waals surface area contributed by atoms with Crippen molar-refractivity contribution in [1.29, 1.82) is 0 Å². The number of likely N-dealkylation sites (tertiary alicyclic amines) is 1. The van der Waals surface area contributed by atoms with Gasteiger partial charge in [-0.15, -0.1) is 0 Å². The summed E-state index contributed by atoms with van der Waals surface area (Å²) in [5, 5.41) is 3.56. The zero-order valence-electron chi connectivity index (χ0n) is 16.2. The van der Waals surface area contributed by atoms with Crippen LogP contribution in [0.25, 0.3) is 0 Å². The Hall–Kier alpha value is -2.44. The van der Waals surface area contributed by atoms with E-state index in [0.29, 0.717) is 42.3 Å². The summed E-state index contributed by atoms with van der Waals surface area (Å²) < 4.78 is 10.5. The first-order valence-corrected chi connectivity index (χ1v) is 9.97. The van der Waals surface area contributed by atoms with Crippen molar-refractivity contribution in [2.75, 3.05) is 27.3 Å². The van der Waals surface area contributed by atoms with E-state index in [1.165, 1.54) is 7.11 Å². The zero-order valence-corrected chi connectivity index (χ0v) is 17.7. The molecule has 0 radical (unpaired) electrons. The number of carbonyl (C=O) groups excluding carboxylic acids is 2. The zero-order chi connectivity index (χ0) is 21.0. The molecule has 3 rings (SSSR count). The molecule has 0 unspecified atom stereocenters. The highest BCUT2D eigenvalue weighted by atomic mass is 35.5. The molecule has 1 fully saturated rings. The Bertz CT molecular complexity index is 912. The molecule has 0 bridgehead atoms. The molecule has 2 aromatic carbocycles. The lowest BCUT2D eigenvalue weighted by Crippen LogP contribution is -2.46. The molecule has 2 amide bonds. The summed E-state index contributed by atoms with van der Waals surface area (Å²) in [4.78, 5) is 27.3. The molecule has 154 valence electrons. The molecular weight excluding hydrogens is 415 g/mol. The van der Waals surface area contributed by atoms with Gasteiger partial charge in [-0.1, -0.05) is 35.3 Å². The molecule has 1 aliphatic rings. The third-order valence-electron chi connectivity index (χ3n) is 4.94. The first-order chi connectivity index (χ1) is 14.0. The molecule has 0 saturated carbocycles. The van der Waals surface area contributed by atoms with Crippen molar-refractivity contribution in [1.82, 2.24) is 10.2 Å². The van der Waals surface area contributed by atoms with Crippen LogP contribution in [0.5, 0.6) is 11.5 Å². The topological polar surface area (TPSA) is 67.9 Å². The number of halogens is 2. The number of hydrogen-bond acceptors (Lipinski definition) is 4. The number of nitrogens with zero attached hydrogens (tertiary/aromatic N) is 1. The fraction of sp³-hybridized carbons (Fsp3) is 0.333. The third-order valence-corrected chi connectivity index (χ3v) is 5.56. The van der Waals surface area contributed by atoms with E-state index in [0.717, 1.165) is 0 Å². The van der Waals surface area contributed by atoms with Gasteiger partial charge in [0.05, 0.1) is 29.8 Å². The van der Waals surface area contributed by atoms with Crippen molar-refractivity contribution < 1.29 is 19.1 Å². The summed E-state index contributed by atoms with van der Waals surface area (Å²) >= 11 is 12.3. The number of nitrogens with one attached hydrogen (secondary N) is 1. The first kappa shape index (κ1) is 21.3. The van der Waals surface area contributed by atoms with Crippen LogP contribution >= 0.6 is 23.2 Å². The van der Waals surface area contributed by atoms with Crippen LogP contribution < -0.4 is 14.8 Å². The SMILES string of the molecule is COc1ccccc1C(=O)N1CCC(NC(=O)c2c(Cl)ccc(Cl)c2OC)CC1. The van der Waals surface area contributed by atoms with Crippen LogP contribution in [0.1, 0.15) is 33.6 Å². The van der Waals surface area contributed by atoms with Gasteiger partial charge in [-0.25, -0.2) is 0 Å². The van der Waals surface area contributed by atoms with E-state index in [-0.39, 0.29) is 34.2 Å². The van der Waals surface area contributed by atoms with Crippen molar-refractivity contribution >= 4 is 35.0 Å². The Morgan fingerprint density at radius 1 is 1.00 bits per heavy atom. The summed E-state index contributed by atoms with van der Waals surface area (Å²) in [6.45, 7) is 1.06. The van der Waals surface area contributed by atoms with Gasteiger partial charge in [0.15, 0.2) is 5.75 Å². The minimum Gasteiger partial charge on any atom is -0.496 e. The molecule has 6 nitrogen and oxygen atoms in total. The van der Waals surface area contributed by atoms with Gasteiger partial charge in [0.25, 0.3) is 11.8 Å². The van der Waals surface area contributed by atoms with E-state index in [1.54, 1.807) is 36.3 Å². The fourth-order valence-electron chi connectivity index (χ4n) is 3.42. The molecule has 1 N–H and O–H groups in total. The first-order valence-electron chi connectivity index (χ1n) is 9.21. The van der Waals surface area contributed by atoms with Gasteiger partial charge in [-0.2, -0.15) is 0 Å². The quantitative estimate of drug-likeness (QED) is 0.767. The third kappa shape index (κ3) is 4.60. The molecule has 1 saturated heterocycles. The van der Waals surface area contributed by atoms with Crippen LogP contribution in [0.4, 0.5) is 0 Å². The van der Waals surface area contributed by atoms with Crippen LogP contribution in [0.15, 0.2) is 36.4 Å². The molecule has 0 atom stereocenters. The van der Waals surface area contributed by atoms with Crippen LogP contribution in [-0.4, -0.2) is 50.1 Å². The molecule has 1 aliphatic heterocycles. The van der Waals surface area contributed by atoms with Crippen LogP contribution in [-0.2, 0) is 0 Å². The average molecular weight is 437 g/mol. The Morgan fingerprint density at radius 3 is 2.31 bits per heavy atom. The summed E-state index contributed by atoms with van der Waals surface area (Å²) in [6, 6.07) is 10.2. The number of methoxy groups -OCH3 is 2. The minimum absolute atomic E-state index is 0.0771. The minimum atomic E-state index is -0.344. The van der Waals surface area contributed by atoms with Gasteiger partial charge >= 0.3 is 0 Å². The summed E-state index contributed by atoms with van der Waals surface area (Å²) in [5.41, 5.74) is 0.752. The van der Waals surface area contributed by atoms with Crippen molar-refractivity contribution in [3.05, 3.63) is 57.6 Å². The second kappa shape index (κ2) is 9.37. The monoisotopic (exact) mass is 436 g/mol. The largest absolute Gasteiger partial charge is 0.496 e. The van der Waals surface area contributed by atoms with Gasteiger partial charge in [0, 0.05) is 19.1 Å². The number of ether oxygens (including phenoxy) is 2. The second-order valence-corrected chi connectivity index (χ2v) is 7.49. The van der Waals surface area contributed by atoms with Gasteiger partial charge in [0.1, 0.15) is 11.3 Å². The maximum atomic E-state index is 12.8. The van der Waals surface area contributed by atoms with Crippen LogP contribution in [0.2, 0.25) is 10.0 Å². The van der Waals surface area contributed by atoms with E-state index in [9.17, 15) is 9.59 Å². The predicted molar refractivity (Wildman–Crippen MR) is 112 cm³/mol. The van der Waals surface area contributed by atoms with Crippen LogP contribution in [0, 0.1) is 0 Å². The Morgan fingerprint density at radius 2 is 1.66 bits per heavy atom. The number of rotatable bonds is 5. The molecular formula is C21H22Cl2N2O4. The molecule has 0 aromatic heterocycles. The Balaban J connectivity index is 1.64. The van der Waals surface area contributed by atoms with Gasteiger partial charge in [-0.3, -0.25) is 9.59 Å². The fourth-order valence-corrected chi connectivity index (χ4v) is 3.89. The summed E-state index contributed by atoms with van der Waals surface area (Å²) in [6.07, 6.45) is 1.26. The maximum absolute atomic E-state index is 12.8. The number of hydrogen-bond donors (Lipinski definition) is 1. The van der Waals surface area contributed by atoms with Crippen molar-refractivity contribution in [2.24, 2.45) is 0 Å². The normalized spacial score (nSPS) is 14.4. The van der Waals surface area contributed by atoms with E-state index >= 15 is 0 Å². The number of carbonyl (C=O) groups is 2. The standard InChI is InChI=1S/C21H22Cl2N2O4/c1-28-17-6-4-3-5-14(17)21(27)25-11-9-13(10-12-25)24-20(26)18-15(22)7-8-16(23)19(18)29-2/h3-8,13H,9-12H2,1-2H3,(H,24,26). The highest BCUT2D eigenvalue weighted by molar-refractivity contribution is 6.37. The Kier molecular flexibility index (Phi) is 6.87. The lowest BCUT2D eigenvalue weighted by Gasteiger charge is -2.32. The van der Waals surface area contributed by atoms with Gasteiger partial charge in [-0.05, 0) is 37.1 Å². The lowest BCUT2D eigenvalue weighted by atomic mass is 10.0. The second-order valence-electron chi connectivity index (χ2n) is 6.68. The number of benzene rings is 2.